The van der Waals surface area contributed by atoms with Crippen LogP contribution in [0.5, 0.6) is 0 Å². The van der Waals surface area contributed by atoms with Crippen LogP contribution in [0.15, 0.2) is 0 Å². The molecule has 0 aliphatic heterocycles. The molecule has 1 aromatic heterocycles. The monoisotopic (exact) mass is 226 g/mol. The Morgan fingerprint density at radius 2 is 2.31 bits per heavy atom. The highest BCUT2D eigenvalue weighted by Crippen LogP contribution is 2.14. The second-order valence-corrected chi connectivity index (χ2v) is 3.57. The molecule has 0 bridgehead atoms. The van der Waals surface area contributed by atoms with Crippen molar-refractivity contribution in [1.29, 1.82) is 0 Å². The Morgan fingerprint density at radius 1 is 1.62 bits per heavy atom. The Hall–Kier alpha value is -1.56. The molecule has 0 radical (unpaired) electrons. The van der Waals surface area contributed by atoms with E-state index in [1.165, 1.54) is 0 Å². The number of hydrogen-bond donors (Lipinski definition) is 3. The maximum absolute atomic E-state index is 12.0. The molecule has 0 saturated carbocycles. The lowest BCUT2D eigenvalue weighted by molar-refractivity contribution is 0.0749. The first-order valence-corrected chi connectivity index (χ1v) is 5.32. The third-order valence-electron chi connectivity index (χ3n) is 2.45. The highest BCUT2D eigenvalue weighted by Gasteiger charge is 2.20. The summed E-state index contributed by atoms with van der Waals surface area (Å²) in [5.41, 5.74) is 7.09. The van der Waals surface area contributed by atoms with Crippen LogP contribution in [0, 0.1) is 6.92 Å². The Bertz CT molecular complexity index is 362. The minimum Gasteiger partial charge on any atom is -0.396 e. The zero-order valence-corrected chi connectivity index (χ0v) is 9.66. The van der Waals surface area contributed by atoms with Gasteiger partial charge in [-0.2, -0.15) is 5.10 Å². The second-order valence-electron chi connectivity index (χ2n) is 3.57. The van der Waals surface area contributed by atoms with Crippen molar-refractivity contribution < 1.29 is 9.90 Å². The molecule has 1 amide bonds. The first-order chi connectivity index (χ1) is 7.61. The number of H-pyrrole nitrogens is 1. The van der Waals surface area contributed by atoms with Gasteiger partial charge in [-0.15, -0.1) is 0 Å². The topological polar surface area (TPSA) is 95.2 Å². The third kappa shape index (κ3) is 2.52. The van der Waals surface area contributed by atoms with Crippen LogP contribution in [0.25, 0.3) is 0 Å². The maximum Gasteiger partial charge on any atom is 0.276 e. The fourth-order valence-corrected chi connectivity index (χ4v) is 1.42. The number of carbonyl (C=O) groups is 1. The van der Waals surface area contributed by atoms with Crippen molar-refractivity contribution in [2.24, 2.45) is 0 Å². The third-order valence-corrected chi connectivity index (χ3v) is 2.45. The summed E-state index contributed by atoms with van der Waals surface area (Å²) in [6.45, 7) is 4.80. The fraction of sp³-hybridized carbons (Fsp3) is 0.600. The number of nitrogens with two attached hydrogens (primary N) is 1. The molecule has 0 unspecified atom stereocenters. The molecule has 16 heavy (non-hydrogen) atoms. The summed E-state index contributed by atoms with van der Waals surface area (Å²) in [6, 6.07) is 0. The number of aromatic amines is 1. The number of carbonyl (C=O) groups excluding carboxylic acids is 1. The van der Waals surface area contributed by atoms with Gasteiger partial charge in [-0.05, 0) is 20.3 Å². The number of aliphatic hydroxyl groups excluding tert-OH is 1. The van der Waals surface area contributed by atoms with Gasteiger partial charge in [-0.25, -0.2) is 0 Å². The minimum atomic E-state index is -0.196. The number of amides is 1. The molecular weight excluding hydrogens is 208 g/mol. The quantitative estimate of drug-likeness (QED) is 0.665. The van der Waals surface area contributed by atoms with E-state index in [9.17, 15) is 4.79 Å². The van der Waals surface area contributed by atoms with E-state index in [1.54, 1.807) is 11.8 Å². The van der Waals surface area contributed by atoms with E-state index in [4.69, 9.17) is 10.8 Å². The maximum atomic E-state index is 12.0. The van der Waals surface area contributed by atoms with Crippen molar-refractivity contribution in [3.63, 3.8) is 0 Å². The van der Waals surface area contributed by atoms with Gasteiger partial charge in [0.25, 0.3) is 5.91 Å². The predicted octanol–water partition coefficient (Wildman–Crippen LogP) is 0.145. The van der Waals surface area contributed by atoms with E-state index >= 15 is 0 Å². The van der Waals surface area contributed by atoms with Crippen LogP contribution < -0.4 is 5.73 Å². The smallest absolute Gasteiger partial charge is 0.276 e. The summed E-state index contributed by atoms with van der Waals surface area (Å²) in [6.07, 6.45) is 0.558. The van der Waals surface area contributed by atoms with Gasteiger partial charge in [-0.1, -0.05) is 0 Å². The number of rotatable bonds is 5. The molecule has 0 atom stereocenters. The van der Waals surface area contributed by atoms with Crippen LogP contribution in [0.3, 0.4) is 0 Å². The highest BCUT2D eigenvalue weighted by molar-refractivity contribution is 5.97. The molecule has 0 aliphatic rings. The number of aryl methyl sites for hydroxylation is 1. The Balaban J connectivity index is 2.79. The predicted molar refractivity (Wildman–Crippen MR) is 61.0 cm³/mol. The fourth-order valence-electron chi connectivity index (χ4n) is 1.42. The van der Waals surface area contributed by atoms with Gasteiger partial charge in [0.05, 0.1) is 11.4 Å². The van der Waals surface area contributed by atoms with Gasteiger partial charge in [0.15, 0.2) is 5.69 Å². The van der Waals surface area contributed by atoms with Crippen molar-refractivity contribution in [3.05, 3.63) is 11.4 Å². The van der Waals surface area contributed by atoms with E-state index in [1.807, 2.05) is 6.92 Å². The lowest BCUT2D eigenvalue weighted by Gasteiger charge is -2.19. The second kappa shape index (κ2) is 5.50. The molecule has 0 aromatic carbocycles. The zero-order valence-electron chi connectivity index (χ0n) is 9.66. The van der Waals surface area contributed by atoms with E-state index in [2.05, 4.69) is 10.2 Å². The van der Waals surface area contributed by atoms with Gasteiger partial charge < -0.3 is 15.7 Å². The van der Waals surface area contributed by atoms with E-state index in [-0.39, 0.29) is 18.2 Å². The summed E-state index contributed by atoms with van der Waals surface area (Å²) < 4.78 is 0. The molecular formula is C10H18N4O2. The van der Waals surface area contributed by atoms with Crippen LogP contribution in [0.2, 0.25) is 0 Å². The molecule has 6 nitrogen and oxygen atoms in total. The number of hydrogen-bond acceptors (Lipinski definition) is 4. The SMILES string of the molecule is CCN(CCCO)C(=O)c1n[nH]c(C)c1N. The standard InChI is InChI=1S/C10H18N4O2/c1-3-14(5-4-6-15)10(16)9-8(11)7(2)12-13-9/h15H,3-6,11H2,1-2H3,(H,12,13). The van der Waals surface area contributed by atoms with Crippen molar-refractivity contribution >= 4 is 11.6 Å². The van der Waals surface area contributed by atoms with E-state index in [0.29, 0.717) is 30.9 Å². The molecule has 1 heterocycles. The average molecular weight is 226 g/mol. The number of aliphatic hydroxyl groups is 1. The molecule has 90 valence electrons. The summed E-state index contributed by atoms with van der Waals surface area (Å²) in [5.74, 6) is -0.196. The summed E-state index contributed by atoms with van der Waals surface area (Å²) >= 11 is 0. The van der Waals surface area contributed by atoms with Gasteiger partial charge in [-0.3, -0.25) is 9.89 Å². The molecule has 0 fully saturated rings. The molecule has 0 spiro atoms. The Kier molecular flexibility index (Phi) is 4.30. The summed E-state index contributed by atoms with van der Waals surface area (Å²) in [7, 11) is 0. The Labute approximate surface area is 94.4 Å². The number of nitrogens with one attached hydrogen (secondary N) is 1. The number of anilines is 1. The van der Waals surface area contributed by atoms with Crippen LogP contribution in [-0.2, 0) is 0 Å². The molecule has 0 aliphatic carbocycles. The summed E-state index contributed by atoms with van der Waals surface area (Å²) in [4.78, 5) is 13.6. The normalized spacial score (nSPS) is 10.4. The highest BCUT2D eigenvalue weighted by atomic mass is 16.3. The molecule has 4 N–H and O–H groups in total. The van der Waals surface area contributed by atoms with Crippen LogP contribution in [0.4, 0.5) is 5.69 Å². The summed E-state index contributed by atoms with van der Waals surface area (Å²) in [5, 5.41) is 15.3. The van der Waals surface area contributed by atoms with Gasteiger partial charge >= 0.3 is 0 Å². The van der Waals surface area contributed by atoms with Gasteiger partial charge in [0.2, 0.25) is 0 Å². The molecule has 0 saturated heterocycles. The lowest BCUT2D eigenvalue weighted by Crippen LogP contribution is -2.33. The van der Waals surface area contributed by atoms with Crippen molar-refractivity contribution in [1.82, 2.24) is 15.1 Å². The minimum absolute atomic E-state index is 0.0683. The van der Waals surface area contributed by atoms with Crippen LogP contribution in [0.1, 0.15) is 29.5 Å². The van der Waals surface area contributed by atoms with E-state index in [0.717, 1.165) is 0 Å². The first kappa shape index (κ1) is 12.5. The van der Waals surface area contributed by atoms with Gasteiger partial charge in [0, 0.05) is 19.7 Å². The van der Waals surface area contributed by atoms with Crippen LogP contribution >= 0.6 is 0 Å². The first-order valence-electron chi connectivity index (χ1n) is 5.32. The van der Waals surface area contributed by atoms with Crippen molar-refractivity contribution in [2.45, 2.75) is 20.3 Å². The largest absolute Gasteiger partial charge is 0.396 e. The molecule has 1 aromatic rings. The number of aromatic nitrogens is 2. The number of nitrogens with zero attached hydrogens (tertiary/aromatic N) is 2. The van der Waals surface area contributed by atoms with Crippen molar-refractivity contribution in [2.75, 3.05) is 25.4 Å². The Morgan fingerprint density at radius 3 is 2.75 bits per heavy atom. The molecule has 1 rings (SSSR count). The average Bonchev–Trinajstić information content (AvgIpc) is 2.60. The molecule has 6 heteroatoms. The van der Waals surface area contributed by atoms with Gasteiger partial charge in [0.1, 0.15) is 0 Å². The lowest BCUT2D eigenvalue weighted by atomic mass is 10.2. The van der Waals surface area contributed by atoms with Crippen molar-refractivity contribution in [3.8, 4) is 0 Å². The zero-order chi connectivity index (χ0) is 12.1. The number of nitrogen functional groups attached to an aromatic ring is 1. The van der Waals surface area contributed by atoms with E-state index < -0.39 is 0 Å². The van der Waals surface area contributed by atoms with Crippen LogP contribution in [-0.4, -0.2) is 45.8 Å².